The summed E-state index contributed by atoms with van der Waals surface area (Å²) in [7, 11) is 0. The molecule has 0 amide bonds. The van der Waals surface area contributed by atoms with Crippen molar-refractivity contribution in [2.45, 2.75) is 118 Å². The quantitative estimate of drug-likeness (QED) is 0.269. The van der Waals surface area contributed by atoms with Gasteiger partial charge in [0.05, 0.1) is 0 Å². The molecule has 0 aromatic carbocycles. The van der Waals surface area contributed by atoms with E-state index in [0.717, 1.165) is 11.8 Å². The van der Waals surface area contributed by atoms with Gasteiger partial charge in [-0.1, -0.05) is 118 Å². The van der Waals surface area contributed by atoms with Gasteiger partial charge in [0.25, 0.3) is 0 Å². The van der Waals surface area contributed by atoms with Crippen LogP contribution in [0.5, 0.6) is 0 Å². The first-order chi connectivity index (χ1) is 9.79. The fourth-order valence-electron chi connectivity index (χ4n) is 3.64. The van der Waals surface area contributed by atoms with Crippen molar-refractivity contribution in [3.8, 4) is 0 Å². The van der Waals surface area contributed by atoms with Gasteiger partial charge < -0.3 is 0 Å². The predicted octanol–water partition coefficient (Wildman–Crippen LogP) is 7.76. The first kappa shape index (κ1) is 20.0. The summed E-state index contributed by atoms with van der Waals surface area (Å²) in [5.74, 6) is 2.05. The monoisotopic (exact) mass is 282 g/mol. The van der Waals surface area contributed by atoms with Crippen LogP contribution in [0.25, 0.3) is 0 Å². The average molecular weight is 283 g/mol. The van der Waals surface area contributed by atoms with Gasteiger partial charge in [0.2, 0.25) is 0 Å². The summed E-state index contributed by atoms with van der Waals surface area (Å²) in [5.41, 5.74) is 0. The zero-order valence-corrected chi connectivity index (χ0v) is 15.1. The SMILES string of the molecule is CCCCCCC(CCC)C(CCC)CCCCCC. The molecule has 0 spiro atoms. The fourth-order valence-corrected chi connectivity index (χ4v) is 3.64. The number of rotatable bonds is 15. The normalized spacial score (nSPS) is 14.4. The Morgan fingerprint density at radius 3 is 1.10 bits per heavy atom. The molecule has 0 saturated carbocycles. The summed E-state index contributed by atoms with van der Waals surface area (Å²) in [4.78, 5) is 0. The molecular formula is C20H42. The van der Waals surface area contributed by atoms with E-state index in [1.165, 1.54) is 89.9 Å². The molecule has 0 nitrogen and oxygen atoms in total. The average Bonchev–Trinajstić information content (AvgIpc) is 2.46. The molecule has 0 heterocycles. The summed E-state index contributed by atoms with van der Waals surface area (Å²) in [6.45, 7) is 9.38. The Hall–Kier alpha value is 0. The summed E-state index contributed by atoms with van der Waals surface area (Å²) < 4.78 is 0. The van der Waals surface area contributed by atoms with Crippen molar-refractivity contribution >= 4 is 0 Å². The zero-order chi connectivity index (χ0) is 15.1. The largest absolute Gasteiger partial charge is 0.0654 e. The lowest BCUT2D eigenvalue weighted by Gasteiger charge is -2.27. The van der Waals surface area contributed by atoms with E-state index in [4.69, 9.17) is 0 Å². The maximum Gasteiger partial charge on any atom is -0.0386 e. The van der Waals surface area contributed by atoms with Gasteiger partial charge in [0.1, 0.15) is 0 Å². The van der Waals surface area contributed by atoms with Gasteiger partial charge in [0, 0.05) is 0 Å². The van der Waals surface area contributed by atoms with Crippen LogP contribution in [-0.4, -0.2) is 0 Å². The molecule has 20 heavy (non-hydrogen) atoms. The zero-order valence-electron chi connectivity index (χ0n) is 15.1. The second-order valence-corrected chi connectivity index (χ2v) is 6.80. The lowest BCUT2D eigenvalue weighted by Crippen LogP contribution is -2.15. The van der Waals surface area contributed by atoms with Crippen molar-refractivity contribution in [3.05, 3.63) is 0 Å². The fraction of sp³-hybridized carbons (Fsp3) is 1.00. The van der Waals surface area contributed by atoms with Crippen LogP contribution in [0.2, 0.25) is 0 Å². The molecule has 2 atom stereocenters. The van der Waals surface area contributed by atoms with Crippen molar-refractivity contribution in [3.63, 3.8) is 0 Å². The summed E-state index contributed by atoms with van der Waals surface area (Å²) in [6, 6.07) is 0. The molecule has 0 radical (unpaired) electrons. The Morgan fingerprint density at radius 2 is 0.800 bits per heavy atom. The Morgan fingerprint density at radius 1 is 0.400 bits per heavy atom. The number of unbranched alkanes of at least 4 members (excludes halogenated alkanes) is 6. The van der Waals surface area contributed by atoms with E-state index in [-0.39, 0.29) is 0 Å². The molecule has 0 bridgehead atoms. The van der Waals surface area contributed by atoms with E-state index in [2.05, 4.69) is 27.7 Å². The molecule has 0 N–H and O–H groups in total. The summed E-state index contributed by atoms with van der Waals surface area (Å²) in [5, 5.41) is 0. The Labute approximate surface area is 130 Å². The molecule has 0 rings (SSSR count). The van der Waals surface area contributed by atoms with Crippen molar-refractivity contribution < 1.29 is 0 Å². The third-order valence-corrected chi connectivity index (χ3v) is 4.84. The first-order valence-corrected chi connectivity index (χ1v) is 9.79. The molecule has 122 valence electrons. The van der Waals surface area contributed by atoms with Crippen LogP contribution in [0.1, 0.15) is 118 Å². The summed E-state index contributed by atoms with van der Waals surface area (Å²) in [6.07, 6.45) is 20.2. The third kappa shape index (κ3) is 10.7. The van der Waals surface area contributed by atoms with E-state index < -0.39 is 0 Å². The highest BCUT2D eigenvalue weighted by Gasteiger charge is 2.19. The van der Waals surface area contributed by atoms with Crippen molar-refractivity contribution in [1.82, 2.24) is 0 Å². The summed E-state index contributed by atoms with van der Waals surface area (Å²) >= 11 is 0. The highest BCUT2D eigenvalue weighted by atomic mass is 14.2. The third-order valence-electron chi connectivity index (χ3n) is 4.84. The molecule has 0 saturated heterocycles. The molecule has 0 heteroatoms. The van der Waals surface area contributed by atoms with Crippen LogP contribution in [-0.2, 0) is 0 Å². The Balaban J connectivity index is 4.13. The van der Waals surface area contributed by atoms with Crippen molar-refractivity contribution in [2.75, 3.05) is 0 Å². The minimum Gasteiger partial charge on any atom is -0.0654 e. The van der Waals surface area contributed by atoms with Crippen LogP contribution in [0.4, 0.5) is 0 Å². The van der Waals surface area contributed by atoms with Crippen LogP contribution in [0, 0.1) is 11.8 Å². The maximum absolute atomic E-state index is 2.37. The molecule has 0 aromatic heterocycles. The predicted molar refractivity (Wildman–Crippen MR) is 94.3 cm³/mol. The standard InChI is InChI=1S/C20H42/c1-5-9-11-13-17-19(15-7-3)20(16-8-4)18-14-12-10-6-2/h19-20H,5-18H2,1-4H3. The van der Waals surface area contributed by atoms with Crippen LogP contribution < -0.4 is 0 Å². The molecular weight excluding hydrogens is 240 g/mol. The van der Waals surface area contributed by atoms with Crippen molar-refractivity contribution in [1.29, 1.82) is 0 Å². The van der Waals surface area contributed by atoms with Gasteiger partial charge in [-0.25, -0.2) is 0 Å². The first-order valence-electron chi connectivity index (χ1n) is 9.79. The van der Waals surface area contributed by atoms with E-state index >= 15 is 0 Å². The van der Waals surface area contributed by atoms with Gasteiger partial charge in [-0.2, -0.15) is 0 Å². The highest BCUT2D eigenvalue weighted by Crippen LogP contribution is 2.31. The highest BCUT2D eigenvalue weighted by molar-refractivity contribution is 4.71. The minimum absolute atomic E-state index is 1.03. The van der Waals surface area contributed by atoms with Gasteiger partial charge in [-0.15, -0.1) is 0 Å². The van der Waals surface area contributed by atoms with E-state index in [1.54, 1.807) is 0 Å². The van der Waals surface area contributed by atoms with E-state index in [1.807, 2.05) is 0 Å². The van der Waals surface area contributed by atoms with Gasteiger partial charge in [0.15, 0.2) is 0 Å². The molecule has 0 aliphatic heterocycles. The molecule has 0 fully saturated rings. The van der Waals surface area contributed by atoms with Crippen LogP contribution in [0.3, 0.4) is 0 Å². The second-order valence-electron chi connectivity index (χ2n) is 6.80. The smallest absolute Gasteiger partial charge is 0.0386 e. The molecule has 0 aliphatic carbocycles. The Bertz CT molecular complexity index is 153. The minimum atomic E-state index is 1.03. The van der Waals surface area contributed by atoms with Gasteiger partial charge in [-0.05, 0) is 11.8 Å². The number of hydrogen-bond donors (Lipinski definition) is 0. The van der Waals surface area contributed by atoms with Crippen LogP contribution in [0.15, 0.2) is 0 Å². The van der Waals surface area contributed by atoms with E-state index in [9.17, 15) is 0 Å². The molecule has 2 unspecified atom stereocenters. The topological polar surface area (TPSA) is 0 Å². The number of hydrogen-bond acceptors (Lipinski definition) is 0. The lowest BCUT2D eigenvalue weighted by atomic mass is 9.79. The lowest BCUT2D eigenvalue weighted by molar-refractivity contribution is 0.245. The second kappa shape index (κ2) is 15.4. The maximum atomic E-state index is 2.37. The van der Waals surface area contributed by atoms with Gasteiger partial charge in [-0.3, -0.25) is 0 Å². The molecule has 0 aromatic rings. The van der Waals surface area contributed by atoms with Gasteiger partial charge >= 0.3 is 0 Å². The van der Waals surface area contributed by atoms with Crippen LogP contribution >= 0.6 is 0 Å². The molecule has 0 aliphatic rings. The Kier molecular flexibility index (Phi) is 15.4. The van der Waals surface area contributed by atoms with E-state index in [0.29, 0.717) is 0 Å². The van der Waals surface area contributed by atoms with Crippen molar-refractivity contribution in [2.24, 2.45) is 11.8 Å².